The summed E-state index contributed by atoms with van der Waals surface area (Å²) in [6.07, 6.45) is 1.17. The highest BCUT2D eigenvalue weighted by atomic mass is 16.3. The van der Waals surface area contributed by atoms with Crippen molar-refractivity contribution in [2.24, 2.45) is 5.92 Å². The zero-order chi connectivity index (χ0) is 8.55. The summed E-state index contributed by atoms with van der Waals surface area (Å²) in [5.41, 5.74) is 2.71. The van der Waals surface area contributed by atoms with E-state index in [0.29, 0.717) is 18.4 Å². The molecule has 2 rings (SSSR count). The molecule has 0 unspecified atom stereocenters. The maximum absolute atomic E-state index is 8.91. The number of hydrogen-bond donors (Lipinski definition) is 1. The lowest BCUT2D eigenvalue weighted by Gasteiger charge is -1.99. The summed E-state index contributed by atoms with van der Waals surface area (Å²) in [6, 6.07) is 8.59. The largest absolute Gasteiger partial charge is 0.396 e. The van der Waals surface area contributed by atoms with E-state index in [9.17, 15) is 0 Å². The summed E-state index contributed by atoms with van der Waals surface area (Å²) >= 11 is 0. The molecule has 0 aromatic heterocycles. The van der Waals surface area contributed by atoms with Gasteiger partial charge in [-0.1, -0.05) is 29.8 Å². The summed E-state index contributed by atoms with van der Waals surface area (Å²) < 4.78 is 0. The minimum absolute atomic E-state index is 0.346. The average molecular weight is 162 g/mol. The first kappa shape index (κ1) is 7.81. The van der Waals surface area contributed by atoms with Gasteiger partial charge in [0.05, 0.1) is 0 Å². The van der Waals surface area contributed by atoms with E-state index >= 15 is 0 Å². The van der Waals surface area contributed by atoms with Crippen molar-refractivity contribution < 1.29 is 5.11 Å². The van der Waals surface area contributed by atoms with Crippen molar-refractivity contribution in [3.63, 3.8) is 0 Å². The van der Waals surface area contributed by atoms with Gasteiger partial charge in [-0.15, -0.1) is 0 Å². The van der Waals surface area contributed by atoms with Crippen LogP contribution in [-0.4, -0.2) is 11.7 Å². The van der Waals surface area contributed by atoms with Gasteiger partial charge in [0, 0.05) is 6.61 Å². The Hall–Kier alpha value is -0.820. The summed E-state index contributed by atoms with van der Waals surface area (Å²) in [4.78, 5) is 0. The van der Waals surface area contributed by atoms with Crippen LogP contribution in [0.5, 0.6) is 0 Å². The van der Waals surface area contributed by atoms with Gasteiger partial charge in [-0.25, -0.2) is 0 Å². The number of benzene rings is 1. The average Bonchev–Trinajstić information content (AvgIpc) is 2.83. The fourth-order valence-electron chi connectivity index (χ4n) is 1.76. The molecule has 1 fully saturated rings. The van der Waals surface area contributed by atoms with Crippen LogP contribution >= 0.6 is 0 Å². The molecule has 1 aromatic rings. The van der Waals surface area contributed by atoms with E-state index in [4.69, 9.17) is 5.11 Å². The van der Waals surface area contributed by atoms with E-state index in [0.717, 1.165) is 0 Å². The highest BCUT2D eigenvalue weighted by Gasteiger charge is 2.37. The predicted molar refractivity (Wildman–Crippen MR) is 49.1 cm³/mol. The molecule has 0 saturated heterocycles. The number of hydrogen-bond acceptors (Lipinski definition) is 1. The summed E-state index contributed by atoms with van der Waals surface area (Å²) in [5, 5.41) is 8.91. The molecule has 0 bridgehead atoms. The lowest BCUT2D eigenvalue weighted by Crippen LogP contribution is -1.88. The third kappa shape index (κ3) is 1.37. The summed E-state index contributed by atoms with van der Waals surface area (Å²) in [6.45, 7) is 2.46. The molecule has 1 aliphatic rings. The third-order valence-corrected chi connectivity index (χ3v) is 2.63. The van der Waals surface area contributed by atoms with Crippen LogP contribution in [-0.2, 0) is 0 Å². The molecule has 1 nitrogen and oxygen atoms in total. The van der Waals surface area contributed by atoms with Crippen LogP contribution in [0.2, 0.25) is 0 Å². The van der Waals surface area contributed by atoms with Gasteiger partial charge in [0.2, 0.25) is 0 Å². The van der Waals surface area contributed by atoms with Crippen LogP contribution in [0.1, 0.15) is 23.5 Å². The Morgan fingerprint density at radius 2 is 2.33 bits per heavy atom. The quantitative estimate of drug-likeness (QED) is 0.706. The standard InChI is InChI=1S/C11H14O/c1-8-3-2-4-9(5-8)11-6-10(11)7-12/h2-5,10-12H,6-7H2,1H3/t10-,11+/m0/s1. The maximum Gasteiger partial charge on any atom is 0.0465 e. The van der Waals surface area contributed by atoms with Gasteiger partial charge in [0.1, 0.15) is 0 Å². The Morgan fingerprint density at radius 3 is 2.92 bits per heavy atom. The van der Waals surface area contributed by atoms with Crippen LogP contribution in [0.4, 0.5) is 0 Å². The second-order valence-corrected chi connectivity index (χ2v) is 3.70. The molecule has 0 radical (unpaired) electrons. The second kappa shape index (κ2) is 2.91. The normalized spacial score (nSPS) is 27.2. The molecule has 1 N–H and O–H groups in total. The van der Waals surface area contributed by atoms with Crippen LogP contribution in [0.15, 0.2) is 24.3 Å². The highest BCUT2D eigenvalue weighted by molar-refractivity contribution is 5.29. The van der Waals surface area contributed by atoms with E-state index in [2.05, 4.69) is 31.2 Å². The molecule has 64 valence electrons. The molecule has 0 heterocycles. The van der Waals surface area contributed by atoms with Gasteiger partial charge in [-0.3, -0.25) is 0 Å². The Morgan fingerprint density at radius 1 is 1.50 bits per heavy atom. The van der Waals surface area contributed by atoms with Gasteiger partial charge in [-0.05, 0) is 30.7 Å². The maximum atomic E-state index is 8.91. The molecule has 2 atom stereocenters. The van der Waals surface area contributed by atoms with Crippen LogP contribution in [0.25, 0.3) is 0 Å². The second-order valence-electron chi connectivity index (χ2n) is 3.70. The molecule has 0 aliphatic heterocycles. The zero-order valence-electron chi connectivity index (χ0n) is 7.33. The molecular formula is C11H14O. The van der Waals surface area contributed by atoms with Crippen molar-refractivity contribution in [1.82, 2.24) is 0 Å². The van der Waals surface area contributed by atoms with Crippen molar-refractivity contribution in [3.8, 4) is 0 Å². The minimum Gasteiger partial charge on any atom is -0.396 e. The molecule has 1 heteroatoms. The van der Waals surface area contributed by atoms with E-state index in [1.165, 1.54) is 17.5 Å². The minimum atomic E-state index is 0.346. The number of aliphatic hydroxyl groups is 1. The SMILES string of the molecule is Cc1cccc([C@H]2C[C@H]2CO)c1. The molecule has 1 saturated carbocycles. The lowest BCUT2D eigenvalue weighted by molar-refractivity contribution is 0.274. The van der Waals surface area contributed by atoms with Gasteiger partial charge in [0.15, 0.2) is 0 Å². The van der Waals surface area contributed by atoms with E-state index in [1.54, 1.807) is 0 Å². The highest BCUT2D eigenvalue weighted by Crippen LogP contribution is 2.46. The molecule has 1 aromatic carbocycles. The zero-order valence-corrected chi connectivity index (χ0v) is 7.33. The van der Waals surface area contributed by atoms with Gasteiger partial charge < -0.3 is 5.11 Å². The molecule has 1 aliphatic carbocycles. The van der Waals surface area contributed by atoms with E-state index in [1.807, 2.05) is 0 Å². The first-order valence-corrected chi connectivity index (χ1v) is 4.48. The summed E-state index contributed by atoms with van der Waals surface area (Å²) in [5.74, 6) is 1.17. The van der Waals surface area contributed by atoms with Gasteiger partial charge in [-0.2, -0.15) is 0 Å². The predicted octanol–water partition coefficient (Wildman–Crippen LogP) is 2.09. The van der Waals surface area contributed by atoms with Crippen molar-refractivity contribution in [2.45, 2.75) is 19.3 Å². The Labute approximate surface area is 73.0 Å². The van der Waals surface area contributed by atoms with Crippen molar-refractivity contribution in [2.75, 3.05) is 6.61 Å². The van der Waals surface area contributed by atoms with Gasteiger partial charge in [0.25, 0.3) is 0 Å². The lowest BCUT2D eigenvalue weighted by atomic mass is 10.1. The van der Waals surface area contributed by atoms with E-state index in [-0.39, 0.29) is 0 Å². The molecule has 0 spiro atoms. The van der Waals surface area contributed by atoms with Crippen molar-refractivity contribution in [1.29, 1.82) is 0 Å². The fourth-order valence-corrected chi connectivity index (χ4v) is 1.76. The van der Waals surface area contributed by atoms with Crippen molar-refractivity contribution >= 4 is 0 Å². The number of aryl methyl sites for hydroxylation is 1. The third-order valence-electron chi connectivity index (χ3n) is 2.63. The number of rotatable bonds is 2. The van der Waals surface area contributed by atoms with E-state index < -0.39 is 0 Å². The smallest absolute Gasteiger partial charge is 0.0465 e. The Balaban J connectivity index is 2.14. The van der Waals surface area contributed by atoms with Crippen molar-refractivity contribution in [3.05, 3.63) is 35.4 Å². The Bertz CT molecular complexity index is 280. The first-order chi connectivity index (χ1) is 5.81. The summed E-state index contributed by atoms with van der Waals surface area (Å²) in [7, 11) is 0. The molecule has 0 amide bonds. The molecule has 12 heavy (non-hydrogen) atoms. The monoisotopic (exact) mass is 162 g/mol. The first-order valence-electron chi connectivity index (χ1n) is 4.48. The van der Waals surface area contributed by atoms with Crippen LogP contribution in [0, 0.1) is 12.8 Å². The number of aliphatic hydroxyl groups excluding tert-OH is 1. The van der Waals surface area contributed by atoms with Gasteiger partial charge >= 0.3 is 0 Å². The topological polar surface area (TPSA) is 20.2 Å². The van der Waals surface area contributed by atoms with Crippen LogP contribution in [0.3, 0.4) is 0 Å². The fraction of sp³-hybridized carbons (Fsp3) is 0.455. The Kier molecular flexibility index (Phi) is 1.89. The molecular weight excluding hydrogens is 148 g/mol. The van der Waals surface area contributed by atoms with Crippen LogP contribution < -0.4 is 0 Å².